The summed E-state index contributed by atoms with van der Waals surface area (Å²) in [6.45, 7) is 48.8. The molecule has 0 saturated carbocycles. The summed E-state index contributed by atoms with van der Waals surface area (Å²) < 4.78 is 64.6. The quantitative estimate of drug-likeness (QED) is 0.0188. The molecule has 0 bridgehead atoms. The van der Waals surface area contributed by atoms with Crippen molar-refractivity contribution in [2.75, 3.05) is 93.5 Å². The number of hydrogen-bond donors (Lipinski definition) is 6. The fourth-order valence-electron chi connectivity index (χ4n) is 12.4. The molecule has 0 saturated heterocycles. The van der Waals surface area contributed by atoms with E-state index in [-0.39, 0.29) is 43.6 Å². The molecule has 0 aromatic carbocycles. The van der Waals surface area contributed by atoms with Gasteiger partial charge in [0.25, 0.3) is 0 Å². The van der Waals surface area contributed by atoms with Gasteiger partial charge in [-0.2, -0.15) is 0 Å². The summed E-state index contributed by atoms with van der Waals surface area (Å²) in [6.07, 6.45) is 17.8. The van der Waals surface area contributed by atoms with Crippen LogP contribution in [0.25, 0.3) is 0 Å². The van der Waals surface area contributed by atoms with E-state index in [4.69, 9.17) is 40.8 Å². The molecule has 0 heterocycles. The average molecular weight is 1510 g/mol. The Bertz CT molecular complexity index is 1810. The second-order valence-electron chi connectivity index (χ2n) is 31.9. The highest BCUT2D eigenvalue weighted by Crippen LogP contribution is 2.44. The summed E-state index contributed by atoms with van der Waals surface area (Å²) in [5.41, 5.74) is -0.441. The van der Waals surface area contributed by atoms with E-state index in [1.54, 1.807) is 0 Å². The minimum absolute atomic E-state index is 0.00430. The Morgan fingerprint density at radius 1 is 0.357 bits per heavy atom. The molecule has 0 radical (unpaired) electrons. The Morgan fingerprint density at radius 2 is 0.592 bits per heavy atom. The second-order valence-corrected chi connectivity index (χ2v) is 58.5. The van der Waals surface area contributed by atoms with Gasteiger partial charge in [-0.3, -0.25) is 9.59 Å². The van der Waals surface area contributed by atoms with Gasteiger partial charge in [-0.25, -0.2) is 0 Å². The Kier molecular flexibility index (Phi) is 61.1. The van der Waals surface area contributed by atoms with E-state index < -0.39 is 91.9 Å². The van der Waals surface area contributed by atoms with Gasteiger partial charge < -0.3 is 80.9 Å². The molecule has 0 aliphatic carbocycles. The SMILES string of the molecule is CCC(O)COCCC[Si](C)(C)O[Si](C)(C)CCCOCC(O)CC(C)C(C)(CC(O)COCCC[Si](C)(C)O[Si](C)(C)CCCOCC(O)CC)C(C)CC(O)COCCC[Si](C)(C)O[Si](C)(C)CCCOCC(O)CC.CCCCCCCCCCCC(=O)OC.COC(C)=O. The molecule has 0 aliphatic rings. The van der Waals surface area contributed by atoms with Crippen LogP contribution in [0.5, 0.6) is 0 Å². The first-order valence-corrected chi connectivity index (χ1v) is 57.2. The van der Waals surface area contributed by atoms with Crippen LogP contribution in [0.15, 0.2) is 0 Å². The summed E-state index contributed by atoms with van der Waals surface area (Å²) in [5.74, 6) is -0.325. The van der Waals surface area contributed by atoms with Crippen molar-refractivity contribution in [1.29, 1.82) is 0 Å². The number of aliphatic hydroxyl groups is 6. The monoisotopic (exact) mass is 1510 g/mol. The number of carbonyl (C=O) groups is 2. The zero-order valence-corrected chi connectivity index (χ0v) is 73.4. The number of unbranched alkanes of at least 4 members (excludes halogenated alkanes) is 8. The highest BCUT2D eigenvalue weighted by atomic mass is 28.4. The van der Waals surface area contributed by atoms with E-state index in [2.05, 4.69) is 116 Å². The van der Waals surface area contributed by atoms with E-state index in [0.717, 1.165) is 81.2 Å². The molecule has 19 nitrogen and oxygen atoms in total. The van der Waals surface area contributed by atoms with Crippen molar-refractivity contribution in [3.63, 3.8) is 0 Å². The normalized spacial score (nSPS) is 15.8. The molecule has 590 valence electrons. The van der Waals surface area contributed by atoms with Crippen LogP contribution < -0.4 is 0 Å². The van der Waals surface area contributed by atoms with Gasteiger partial charge >= 0.3 is 11.9 Å². The molecule has 0 spiro atoms. The van der Waals surface area contributed by atoms with Crippen molar-refractivity contribution in [3.8, 4) is 0 Å². The maximum atomic E-state index is 11.6. The molecule has 0 aromatic rings. The average Bonchev–Trinajstić information content (AvgIpc) is 0.823. The zero-order valence-electron chi connectivity index (χ0n) is 67.4. The lowest BCUT2D eigenvalue weighted by atomic mass is 9.63. The topological polar surface area (TPSA) is 257 Å². The van der Waals surface area contributed by atoms with Crippen LogP contribution in [0, 0.1) is 17.3 Å². The third-order valence-corrected chi connectivity index (χ3v) is 41.1. The van der Waals surface area contributed by atoms with Gasteiger partial charge in [0.1, 0.15) is 0 Å². The summed E-state index contributed by atoms with van der Waals surface area (Å²) in [5, 5.41) is 63.7. The summed E-state index contributed by atoms with van der Waals surface area (Å²) in [4.78, 5) is 20.4. The number of esters is 2. The van der Waals surface area contributed by atoms with Crippen LogP contribution in [0.2, 0.25) is 115 Å². The van der Waals surface area contributed by atoms with Crippen molar-refractivity contribution in [2.24, 2.45) is 17.3 Å². The van der Waals surface area contributed by atoms with Gasteiger partial charge in [-0.15, -0.1) is 0 Å². The third kappa shape index (κ3) is 61.9. The van der Waals surface area contributed by atoms with Crippen molar-refractivity contribution in [2.45, 2.75) is 348 Å². The van der Waals surface area contributed by atoms with Crippen molar-refractivity contribution in [3.05, 3.63) is 0 Å². The number of rotatable bonds is 63. The van der Waals surface area contributed by atoms with E-state index in [1.807, 2.05) is 20.8 Å². The van der Waals surface area contributed by atoms with Crippen LogP contribution in [-0.2, 0) is 59.8 Å². The maximum absolute atomic E-state index is 11.6. The van der Waals surface area contributed by atoms with Crippen molar-refractivity contribution < 1.29 is 90.5 Å². The summed E-state index contributed by atoms with van der Waals surface area (Å²) in [7, 11) is -8.63. The summed E-state index contributed by atoms with van der Waals surface area (Å²) in [6, 6.07) is 5.97. The van der Waals surface area contributed by atoms with Gasteiger partial charge in [-0.05, 0) is 216 Å². The molecule has 8 atom stereocenters. The van der Waals surface area contributed by atoms with E-state index in [1.165, 1.54) is 72.5 Å². The van der Waals surface area contributed by atoms with Gasteiger partial charge in [0, 0.05) is 53.0 Å². The fourth-order valence-corrected chi connectivity index (χ4v) is 38.8. The molecule has 6 N–H and O–H groups in total. The number of hydrogen-bond acceptors (Lipinski definition) is 19. The van der Waals surface area contributed by atoms with Gasteiger partial charge in [0.05, 0.1) is 90.5 Å². The van der Waals surface area contributed by atoms with Crippen LogP contribution in [-0.4, -0.2) is 223 Å². The molecule has 0 rings (SSSR count). The first-order chi connectivity index (χ1) is 45.7. The molecule has 8 unspecified atom stereocenters. The Balaban J connectivity index is -0.00000386. The molecular weight excluding hydrogens is 1350 g/mol. The van der Waals surface area contributed by atoms with Crippen LogP contribution >= 0.6 is 0 Å². The minimum Gasteiger partial charge on any atom is -0.469 e. The third-order valence-electron chi connectivity index (χ3n) is 18.5. The number of methoxy groups -OCH3 is 2. The predicted octanol–water partition coefficient (Wildman–Crippen LogP) is 15.8. The fraction of sp³-hybridized carbons (Fsp3) is 0.973. The summed E-state index contributed by atoms with van der Waals surface area (Å²) >= 11 is 0. The molecule has 0 fully saturated rings. The molecule has 0 aliphatic heterocycles. The molecular formula is C73H160O19Si6. The van der Waals surface area contributed by atoms with E-state index >= 15 is 0 Å². The minimum atomic E-state index is -1.94. The van der Waals surface area contributed by atoms with Crippen LogP contribution in [0.3, 0.4) is 0 Å². The van der Waals surface area contributed by atoms with Crippen LogP contribution in [0.4, 0.5) is 0 Å². The lowest BCUT2D eigenvalue weighted by molar-refractivity contribution is -0.141. The van der Waals surface area contributed by atoms with Gasteiger partial charge in [0.2, 0.25) is 0 Å². The smallest absolute Gasteiger partial charge is 0.305 e. The predicted molar refractivity (Wildman–Crippen MR) is 418 cm³/mol. The van der Waals surface area contributed by atoms with Gasteiger partial charge in [0.15, 0.2) is 49.9 Å². The highest BCUT2D eigenvalue weighted by Gasteiger charge is 2.41. The van der Waals surface area contributed by atoms with E-state index in [0.29, 0.717) is 104 Å². The zero-order chi connectivity index (χ0) is 75.3. The highest BCUT2D eigenvalue weighted by molar-refractivity contribution is 6.86. The standard InChI is InChI=1S/C57H128O15Si6.C13H26O2.C3H6O2/c1-19-51(58)43-64-28-22-34-73(7,8)70-76(13,14)37-25-31-67-46-54(61)40-49(4)57(6,42-56(63)48-69-33-27-39-78(17,18)72-75(11,12)36-24-30-66-45-53(60)21-3)50(5)41-55(62)47-68-32-26-38-77(15,16)71-74(9,10)35-23-29-65-44-52(59)20-2;1-3-4-5-6-7-8-9-10-11-12-13(14)15-2;1-3(4)5-2/h49-56,58-63H,19-48H2,1-18H3;3-12H2,1-2H3;1-2H3. The van der Waals surface area contributed by atoms with Crippen molar-refractivity contribution in [1.82, 2.24) is 0 Å². The first-order valence-electron chi connectivity index (χ1n) is 38.5. The Hall–Kier alpha value is -0.359. The number of ether oxygens (including phenoxy) is 8. The second kappa shape index (κ2) is 58.8. The molecule has 0 aromatic heterocycles. The van der Waals surface area contributed by atoms with E-state index in [9.17, 15) is 40.2 Å². The lowest BCUT2D eigenvalue weighted by Gasteiger charge is -2.44. The van der Waals surface area contributed by atoms with Crippen LogP contribution in [0.1, 0.15) is 197 Å². The number of aliphatic hydroxyl groups excluding tert-OH is 6. The molecule has 0 amide bonds. The Labute approximate surface area is 607 Å². The first kappa shape index (κ1) is 102. The molecule has 98 heavy (non-hydrogen) atoms. The lowest BCUT2D eigenvalue weighted by Crippen LogP contribution is -2.44. The maximum Gasteiger partial charge on any atom is 0.305 e. The Morgan fingerprint density at radius 3 is 0.827 bits per heavy atom. The number of carbonyl (C=O) groups excluding carboxylic acids is 2. The molecule has 25 heteroatoms. The van der Waals surface area contributed by atoms with Gasteiger partial charge in [-0.1, -0.05) is 99.8 Å². The van der Waals surface area contributed by atoms with Crippen molar-refractivity contribution >= 4 is 61.8 Å². The largest absolute Gasteiger partial charge is 0.469 e.